The third-order valence-corrected chi connectivity index (χ3v) is 5.99. The predicted molar refractivity (Wildman–Crippen MR) is 115 cm³/mol. The Kier molecular flexibility index (Phi) is 5.56. The van der Waals surface area contributed by atoms with Crippen LogP contribution in [-0.2, 0) is 11.3 Å². The van der Waals surface area contributed by atoms with Crippen LogP contribution in [0.1, 0.15) is 49.2 Å². The Bertz CT molecular complexity index is 1020. The van der Waals surface area contributed by atoms with Crippen molar-refractivity contribution in [3.05, 3.63) is 59.4 Å². The normalized spacial score (nSPS) is 16.5. The predicted octanol–water partition coefficient (Wildman–Crippen LogP) is 4.81. The molecule has 4 rings (SSSR count). The summed E-state index contributed by atoms with van der Waals surface area (Å²) in [6, 6.07) is 14.4. The molecule has 1 atom stereocenters. The van der Waals surface area contributed by atoms with E-state index in [1.54, 1.807) is 0 Å². The maximum Gasteiger partial charge on any atom is 0.222 e. The second-order valence-corrected chi connectivity index (χ2v) is 7.76. The van der Waals surface area contributed by atoms with Crippen LogP contribution in [0, 0.1) is 13.8 Å². The number of hydrogen-bond acceptors (Lipinski definition) is 3. The largest absolute Gasteiger partial charge is 0.491 e. The van der Waals surface area contributed by atoms with E-state index >= 15 is 0 Å². The van der Waals surface area contributed by atoms with Gasteiger partial charge in [0.15, 0.2) is 0 Å². The van der Waals surface area contributed by atoms with Crippen LogP contribution in [0.4, 0.5) is 0 Å². The molecule has 1 aliphatic heterocycles. The van der Waals surface area contributed by atoms with Crippen LogP contribution in [0.5, 0.6) is 5.75 Å². The smallest absolute Gasteiger partial charge is 0.222 e. The van der Waals surface area contributed by atoms with E-state index in [1.807, 2.05) is 42.2 Å². The Balaban J connectivity index is 1.62. The van der Waals surface area contributed by atoms with Crippen molar-refractivity contribution in [3.63, 3.8) is 0 Å². The van der Waals surface area contributed by atoms with Gasteiger partial charge in [0.25, 0.3) is 0 Å². The number of ether oxygens (including phenoxy) is 1. The van der Waals surface area contributed by atoms with Gasteiger partial charge in [-0.25, -0.2) is 4.98 Å². The summed E-state index contributed by atoms with van der Waals surface area (Å²) in [6.07, 6.45) is 2.53. The Morgan fingerprint density at radius 3 is 2.83 bits per heavy atom. The van der Waals surface area contributed by atoms with Gasteiger partial charge >= 0.3 is 0 Å². The summed E-state index contributed by atoms with van der Waals surface area (Å²) in [7, 11) is 0. The highest BCUT2D eigenvalue weighted by atomic mass is 16.5. The first kappa shape index (κ1) is 19.5. The molecule has 1 fully saturated rings. The molecule has 1 amide bonds. The lowest BCUT2D eigenvalue weighted by Crippen LogP contribution is -2.31. The van der Waals surface area contributed by atoms with E-state index in [1.165, 1.54) is 11.1 Å². The van der Waals surface area contributed by atoms with Crippen LogP contribution in [-0.4, -0.2) is 33.5 Å². The van der Waals surface area contributed by atoms with Crippen LogP contribution >= 0.6 is 0 Å². The van der Waals surface area contributed by atoms with Crippen LogP contribution < -0.4 is 4.74 Å². The minimum absolute atomic E-state index is 0.0514. The summed E-state index contributed by atoms with van der Waals surface area (Å²) in [5.41, 5.74) is 4.49. The quantitative estimate of drug-likeness (QED) is 0.606. The molecule has 3 aromatic rings. The topological polar surface area (TPSA) is 47.4 Å². The van der Waals surface area contributed by atoms with Crippen molar-refractivity contribution >= 4 is 16.9 Å². The number of amides is 1. The second kappa shape index (κ2) is 8.27. The zero-order valence-electron chi connectivity index (χ0n) is 17.5. The molecule has 0 radical (unpaired) electrons. The van der Waals surface area contributed by atoms with E-state index in [9.17, 15) is 4.79 Å². The van der Waals surface area contributed by atoms with Gasteiger partial charge in [0, 0.05) is 13.0 Å². The highest BCUT2D eigenvalue weighted by molar-refractivity contribution is 5.78. The molecule has 29 heavy (non-hydrogen) atoms. The van der Waals surface area contributed by atoms with Crippen LogP contribution in [0.2, 0.25) is 0 Å². The highest BCUT2D eigenvalue weighted by Crippen LogP contribution is 2.34. The molecule has 0 N–H and O–H groups in total. The fourth-order valence-corrected chi connectivity index (χ4v) is 4.25. The lowest BCUT2D eigenvalue weighted by atomic mass is 10.1. The lowest BCUT2D eigenvalue weighted by Gasteiger charge is -2.25. The maximum absolute atomic E-state index is 12.5. The average molecular weight is 392 g/mol. The number of rotatable bonds is 6. The van der Waals surface area contributed by atoms with Gasteiger partial charge in [0.2, 0.25) is 5.91 Å². The zero-order valence-corrected chi connectivity index (χ0v) is 17.5. The first-order valence-corrected chi connectivity index (χ1v) is 10.5. The van der Waals surface area contributed by atoms with Crippen molar-refractivity contribution in [2.75, 3.05) is 13.2 Å². The molecule has 2 aromatic carbocycles. The van der Waals surface area contributed by atoms with Gasteiger partial charge < -0.3 is 14.2 Å². The van der Waals surface area contributed by atoms with E-state index in [0.29, 0.717) is 19.6 Å². The standard InChI is InChI=1S/C24H29N3O2/c1-4-23(28)26-14-8-12-21(26)24-25-19-10-5-6-11-20(19)27(24)15-16-29-22-13-7-9-17(2)18(22)3/h5-7,9-11,13,21H,4,8,12,14-16H2,1-3H3/t21-/m1/s1. The van der Waals surface area contributed by atoms with Crippen molar-refractivity contribution in [1.29, 1.82) is 0 Å². The number of aryl methyl sites for hydroxylation is 1. The van der Waals surface area contributed by atoms with Crippen molar-refractivity contribution in [2.45, 2.75) is 52.6 Å². The van der Waals surface area contributed by atoms with Gasteiger partial charge in [0.1, 0.15) is 18.2 Å². The van der Waals surface area contributed by atoms with Gasteiger partial charge in [-0.1, -0.05) is 31.2 Å². The van der Waals surface area contributed by atoms with Crippen molar-refractivity contribution < 1.29 is 9.53 Å². The molecule has 0 unspecified atom stereocenters. The molecule has 1 aromatic heterocycles. The van der Waals surface area contributed by atoms with Crippen molar-refractivity contribution in [3.8, 4) is 5.75 Å². The monoisotopic (exact) mass is 391 g/mol. The van der Waals surface area contributed by atoms with E-state index in [4.69, 9.17) is 9.72 Å². The number of imidazole rings is 1. The summed E-state index contributed by atoms with van der Waals surface area (Å²) < 4.78 is 8.37. The summed E-state index contributed by atoms with van der Waals surface area (Å²) >= 11 is 0. The summed E-state index contributed by atoms with van der Waals surface area (Å²) in [5, 5.41) is 0. The molecule has 5 heteroatoms. The number of carbonyl (C=O) groups is 1. The molecule has 1 aliphatic rings. The molecule has 2 heterocycles. The Morgan fingerprint density at radius 2 is 2.00 bits per heavy atom. The van der Waals surface area contributed by atoms with Gasteiger partial charge in [-0.05, 0) is 56.0 Å². The molecular weight excluding hydrogens is 362 g/mol. The lowest BCUT2D eigenvalue weighted by molar-refractivity contribution is -0.131. The number of fused-ring (bicyclic) bond motifs is 1. The number of nitrogens with zero attached hydrogens (tertiary/aromatic N) is 3. The van der Waals surface area contributed by atoms with Gasteiger partial charge in [-0.15, -0.1) is 0 Å². The molecule has 5 nitrogen and oxygen atoms in total. The van der Waals surface area contributed by atoms with Gasteiger partial charge in [0.05, 0.1) is 23.6 Å². The number of hydrogen-bond donors (Lipinski definition) is 0. The fourth-order valence-electron chi connectivity index (χ4n) is 4.25. The second-order valence-electron chi connectivity index (χ2n) is 7.76. The number of aromatic nitrogens is 2. The molecule has 0 aliphatic carbocycles. The van der Waals surface area contributed by atoms with E-state index in [0.717, 1.165) is 42.0 Å². The number of carbonyl (C=O) groups excluding carboxylic acids is 1. The van der Waals surface area contributed by atoms with Crippen molar-refractivity contribution in [2.24, 2.45) is 0 Å². The molecule has 1 saturated heterocycles. The SMILES string of the molecule is CCC(=O)N1CCC[C@@H]1c1nc2ccccc2n1CCOc1cccc(C)c1C. The van der Waals surface area contributed by atoms with Crippen LogP contribution in [0.3, 0.4) is 0 Å². The zero-order chi connectivity index (χ0) is 20.4. The summed E-state index contributed by atoms with van der Waals surface area (Å²) in [6.45, 7) is 8.21. The van der Waals surface area contributed by atoms with Gasteiger partial charge in [-0.2, -0.15) is 0 Å². The minimum atomic E-state index is 0.0514. The highest BCUT2D eigenvalue weighted by Gasteiger charge is 2.32. The maximum atomic E-state index is 12.5. The molecule has 0 saturated carbocycles. The Morgan fingerprint density at radius 1 is 1.17 bits per heavy atom. The molecule has 0 spiro atoms. The Labute approximate surface area is 172 Å². The first-order chi connectivity index (χ1) is 14.1. The minimum Gasteiger partial charge on any atom is -0.491 e. The van der Waals surface area contributed by atoms with E-state index < -0.39 is 0 Å². The van der Waals surface area contributed by atoms with Crippen LogP contribution in [0.25, 0.3) is 11.0 Å². The summed E-state index contributed by atoms with van der Waals surface area (Å²) in [5.74, 6) is 2.12. The number of para-hydroxylation sites is 2. The number of benzene rings is 2. The van der Waals surface area contributed by atoms with Gasteiger partial charge in [-0.3, -0.25) is 4.79 Å². The molecule has 152 valence electrons. The third-order valence-electron chi connectivity index (χ3n) is 5.99. The van der Waals surface area contributed by atoms with E-state index in [-0.39, 0.29) is 11.9 Å². The van der Waals surface area contributed by atoms with E-state index in [2.05, 4.69) is 30.5 Å². The number of likely N-dealkylation sites (tertiary alicyclic amines) is 1. The third kappa shape index (κ3) is 3.74. The fraction of sp³-hybridized carbons (Fsp3) is 0.417. The first-order valence-electron chi connectivity index (χ1n) is 10.5. The van der Waals surface area contributed by atoms with Crippen molar-refractivity contribution in [1.82, 2.24) is 14.5 Å². The molecule has 0 bridgehead atoms. The van der Waals surface area contributed by atoms with Crippen LogP contribution in [0.15, 0.2) is 42.5 Å². The summed E-state index contributed by atoms with van der Waals surface area (Å²) in [4.78, 5) is 19.4. The average Bonchev–Trinajstić information content (AvgIpc) is 3.35. The Hall–Kier alpha value is -2.82. The molecular formula is C24H29N3O2.